The molecule has 0 saturated heterocycles. The first-order valence-corrected chi connectivity index (χ1v) is 4.39. The molecular formula is C10H14FNO2. The Balaban J connectivity index is 3.01. The summed E-state index contributed by atoms with van der Waals surface area (Å²) < 4.78 is 13.4. The highest BCUT2D eigenvalue weighted by Gasteiger charge is 2.20. The third-order valence-corrected chi connectivity index (χ3v) is 2.15. The number of benzene rings is 1. The summed E-state index contributed by atoms with van der Waals surface area (Å²) in [5, 5.41) is 18.8. The molecule has 0 saturated carbocycles. The minimum Gasteiger partial charge on any atom is -0.389 e. The number of rotatable bonds is 3. The lowest BCUT2D eigenvalue weighted by atomic mass is 10.0. The molecule has 0 heterocycles. The van der Waals surface area contributed by atoms with Gasteiger partial charge < -0.3 is 15.9 Å². The lowest BCUT2D eigenvalue weighted by Gasteiger charge is -2.17. The Morgan fingerprint density at radius 2 is 2.07 bits per heavy atom. The topological polar surface area (TPSA) is 66.5 Å². The first-order valence-electron chi connectivity index (χ1n) is 4.39. The maximum absolute atomic E-state index is 13.4. The van der Waals surface area contributed by atoms with Gasteiger partial charge in [-0.05, 0) is 12.5 Å². The van der Waals surface area contributed by atoms with E-state index in [2.05, 4.69) is 0 Å². The number of nitrogens with two attached hydrogens (primary N) is 1. The zero-order valence-corrected chi connectivity index (χ0v) is 7.94. The van der Waals surface area contributed by atoms with Gasteiger partial charge in [-0.2, -0.15) is 0 Å². The molecule has 0 aliphatic carbocycles. The maximum Gasteiger partial charge on any atom is 0.132 e. The first-order chi connectivity index (χ1) is 6.57. The van der Waals surface area contributed by atoms with E-state index in [4.69, 9.17) is 5.73 Å². The van der Waals surface area contributed by atoms with Crippen LogP contribution in [0.3, 0.4) is 0 Å². The highest BCUT2D eigenvalue weighted by atomic mass is 19.1. The molecule has 1 aromatic carbocycles. The van der Waals surface area contributed by atoms with Crippen molar-refractivity contribution in [2.75, 3.05) is 6.54 Å². The second-order valence-corrected chi connectivity index (χ2v) is 3.23. The number of halogens is 1. The Morgan fingerprint density at radius 3 is 2.64 bits per heavy atom. The van der Waals surface area contributed by atoms with E-state index in [1.807, 2.05) is 0 Å². The number of hydrogen-bond donors (Lipinski definition) is 3. The van der Waals surface area contributed by atoms with Crippen molar-refractivity contribution in [2.24, 2.45) is 5.73 Å². The summed E-state index contributed by atoms with van der Waals surface area (Å²) in [5.74, 6) is -0.493. The Kier molecular flexibility index (Phi) is 3.57. The molecular weight excluding hydrogens is 185 g/mol. The molecule has 4 N–H and O–H groups in total. The quantitative estimate of drug-likeness (QED) is 0.663. The first kappa shape index (κ1) is 11.1. The van der Waals surface area contributed by atoms with Gasteiger partial charge in [-0.3, -0.25) is 0 Å². The lowest BCUT2D eigenvalue weighted by molar-refractivity contribution is 0.0221. The second-order valence-electron chi connectivity index (χ2n) is 3.23. The monoisotopic (exact) mass is 199 g/mol. The van der Waals surface area contributed by atoms with E-state index >= 15 is 0 Å². The molecule has 0 aliphatic heterocycles. The third kappa shape index (κ3) is 2.09. The van der Waals surface area contributed by atoms with Gasteiger partial charge in [0.25, 0.3) is 0 Å². The predicted molar refractivity (Wildman–Crippen MR) is 51.2 cm³/mol. The zero-order chi connectivity index (χ0) is 10.7. The molecule has 0 amide bonds. The molecule has 0 radical (unpaired) electrons. The van der Waals surface area contributed by atoms with Crippen LogP contribution in [0.25, 0.3) is 0 Å². The molecule has 3 nitrogen and oxygen atoms in total. The molecule has 2 atom stereocenters. The molecule has 0 fully saturated rings. The van der Waals surface area contributed by atoms with Gasteiger partial charge in [0.05, 0.1) is 6.10 Å². The normalized spacial score (nSPS) is 15.2. The van der Waals surface area contributed by atoms with Crippen LogP contribution < -0.4 is 5.73 Å². The molecule has 0 spiro atoms. The Labute approximate surface area is 82.0 Å². The number of aliphatic hydroxyl groups is 2. The Morgan fingerprint density at radius 1 is 1.43 bits per heavy atom. The molecule has 0 aromatic heterocycles. The van der Waals surface area contributed by atoms with Gasteiger partial charge in [0.15, 0.2) is 0 Å². The molecule has 1 rings (SSSR count). The van der Waals surface area contributed by atoms with Crippen molar-refractivity contribution in [3.05, 3.63) is 35.1 Å². The summed E-state index contributed by atoms with van der Waals surface area (Å²) in [4.78, 5) is 0. The fraction of sp³-hybridized carbons (Fsp3) is 0.400. The molecule has 4 heteroatoms. The Bertz CT molecular complexity index is 317. The average molecular weight is 199 g/mol. The fourth-order valence-electron chi connectivity index (χ4n) is 1.23. The summed E-state index contributed by atoms with van der Waals surface area (Å²) in [6.45, 7) is 1.49. The van der Waals surface area contributed by atoms with Crippen LogP contribution in [-0.4, -0.2) is 22.9 Å². The van der Waals surface area contributed by atoms with Crippen LogP contribution in [0.4, 0.5) is 4.39 Å². The zero-order valence-electron chi connectivity index (χ0n) is 7.94. The highest BCUT2D eigenvalue weighted by Crippen LogP contribution is 2.21. The van der Waals surface area contributed by atoms with Crippen molar-refractivity contribution in [1.82, 2.24) is 0 Å². The van der Waals surface area contributed by atoms with Crippen LogP contribution >= 0.6 is 0 Å². The maximum atomic E-state index is 13.4. The predicted octanol–water partition coefficient (Wildman–Crippen LogP) is 0.487. The summed E-state index contributed by atoms with van der Waals surface area (Å²) in [6.07, 6.45) is -2.40. The third-order valence-electron chi connectivity index (χ3n) is 2.15. The highest BCUT2D eigenvalue weighted by molar-refractivity contribution is 5.27. The van der Waals surface area contributed by atoms with Gasteiger partial charge in [-0.1, -0.05) is 18.2 Å². The second kappa shape index (κ2) is 4.50. The Hall–Kier alpha value is -0.970. The van der Waals surface area contributed by atoms with Crippen LogP contribution in [0, 0.1) is 12.7 Å². The molecule has 2 unspecified atom stereocenters. The molecule has 78 valence electrons. The van der Waals surface area contributed by atoms with Crippen LogP contribution in [0.15, 0.2) is 18.2 Å². The van der Waals surface area contributed by atoms with Gasteiger partial charge >= 0.3 is 0 Å². The van der Waals surface area contributed by atoms with E-state index in [9.17, 15) is 14.6 Å². The number of hydrogen-bond acceptors (Lipinski definition) is 3. The van der Waals surface area contributed by atoms with Gasteiger partial charge in [-0.15, -0.1) is 0 Å². The van der Waals surface area contributed by atoms with Crippen molar-refractivity contribution >= 4 is 0 Å². The summed E-state index contributed by atoms with van der Waals surface area (Å²) in [5.41, 5.74) is 5.69. The van der Waals surface area contributed by atoms with E-state index in [0.717, 1.165) is 0 Å². The minimum atomic E-state index is -1.26. The average Bonchev–Trinajstić information content (AvgIpc) is 2.20. The minimum absolute atomic E-state index is 0.0861. The van der Waals surface area contributed by atoms with Crippen LogP contribution in [0.5, 0.6) is 0 Å². The molecule has 0 aliphatic rings. The van der Waals surface area contributed by atoms with Crippen molar-refractivity contribution in [3.63, 3.8) is 0 Å². The van der Waals surface area contributed by atoms with Crippen LogP contribution in [-0.2, 0) is 0 Å². The van der Waals surface area contributed by atoms with Gasteiger partial charge in [0, 0.05) is 12.1 Å². The molecule has 1 aromatic rings. The smallest absolute Gasteiger partial charge is 0.132 e. The van der Waals surface area contributed by atoms with E-state index in [1.54, 1.807) is 19.1 Å². The number of aryl methyl sites for hydroxylation is 1. The molecule has 0 bridgehead atoms. The van der Waals surface area contributed by atoms with E-state index in [-0.39, 0.29) is 12.1 Å². The standard InChI is InChI=1S/C10H14FNO2/c1-6-3-2-4-7(9(6)11)10(14)8(13)5-12/h2-4,8,10,13-14H,5,12H2,1H3. The summed E-state index contributed by atoms with van der Waals surface area (Å²) in [6, 6.07) is 4.66. The summed E-state index contributed by atoms with van der Waals surface area (Å²) in [7, 11) is 0. The van der Waals surface area contributed by atoms with E-state index in [1.165, 1.54) is 6.07 Å². The lowest BCUT2D eigenvalue weighted by Crippen LogP contribution is -2.27. The van der Waals surface area contributed by atoms with Gasteiger partial charge in [0.1, 0.15) is 11.9 Å². The van der Waals surface area contributed by atoms with Crippen LogP contribution in [0.2, 0.25) is 0 Å². The molecule has 14 heavy (non-hydrogen) atoms. The largest absolute Gasteiger partial charge is 0.389 e. The van der Waals surface area contributed by atoms with Crippen molar-refractivity contribution in [3.8, 4) is 0 Å². The SMILES string of the molecule is Cc1cccc(C(O)C(O)CN)c1F. The van der Waals surface area contributed by atoms with E-state index in [0.29, 0.717) is 5.56 Å². The van der Waals surface area contributed by atoms with Gasteiger partial charge in [0.2, 0.25) is 0 Å². The fourth-order valence-corrected chi connectivity index (χ4v) is 1.23. The van der Waals surface area contributed by atoms with Crippen molar-refractivity contribution < 1.29 is 14.6 Å². The van der Waals surface area contributed by atoms with Gasteiger partial charge in [-0.25, -0.2) is 4.39 Å². The van der Waals surface area contributed by atoms with Crippen molar-refractivity contribution in [2.45, 2.75) is 19.1 Å². The van der Waals surface area contributed by atoms with Crippen LogP contribution in [0.1, 0.15) is 17.2 Å². The van der Waals surface area contributed by atoms with Crippen molar-refractivity contribution in [1.29, 1.82) is 0 Å². The summed E-state index contributed by atoms with van der Waals surface area (Å²) >= 11 is 0. The number of aliphatic hydroxyl groups excluding tert-OH is 2. The van der Waals surface area contributed by atoms with E-state index < -0.39 is 18.0 Å².